The van der Waals surface area contributed by atoms with Gasteiger partial charge < -0.3 is 9.53 Å². The van der Waals surface area contributed by atoms with Crippen LogP contribution in [-0.2, 0) is 4.43 Å². The average molecular weight is 477 g/mol. The van der Waals surface area contributed by atoms with Crippen LogP contribution in [0.1, 0.15) is 34.1 Å². The fourth-order valence-electron chi connectivity index (χ4n) is 4.46. The molecule has 0 saturated carbocycles. The first-order valence-electron chi connectivity index (χ1n) is 11.6. The summed E-state index contributed by atoms with van der Waals surface area (Å²) in [6.45, 7) is 12.9. The Morgan fingerprint density at radius 1 is 0.879 bits per heavy atom. The second-order valence-electron chi connectivity index (χ2n) is 9.53. The fourth-order valence-corrected chi connectivity index (χ4v) is 10.2. The number of benzene rings is 3. The van der Waals surface area contributed by atoms with Crippen LogP contribution in [0.5, 0.6) is 0 Å². The summed E-state index contributed by atoms with van der Waals surface area (Å²) in [5.74, 6) is 0. The maximum absolute atomic E-state index is 11.1. The third kappa shape index (κ3) is 6.07. The molecule has 0 heterocycles. The van der Waals surface area contributed by atoms with Gasteiger partial charge >= 0.3 is 0 Å². The van der Waals surface area contributed by atoms with Crippen molar-refractivity contribution in [1.82, 2.24) is 0 Å². The van der Waals surface area contributed by atoms with Crippen LogP contribution in [0.4, 0.5) is 0 Å². The summed E-state index contributed by atoms with van der Waals surface area (Å²) < 4.78 is 7.13. The van der Waals surface area contributed by atoms with E-state index in [1.807, 2.05) is 24.3 Å². The molecule has 3 rings (SSSR count). The lowest BCUT2D eigenvalue weighted by molar-refractivity contribution is 0.103. The normalized spacial score (nSPS) is 14.9. The van der Waals surface area contributed by atoms with Crippen LogP contribution in [0.15, 0.2) is 109 Å². The van der Waals surface area contributed by atoms with E-state index in [9.17, 15) is 5.11 Å². The first-order valence-corrected chi connectivity index (χ1v) is 14.4. The Morgan fingerprint density at radius 2 is 1.33 bits per heavy atom. The van der Waals surface area contributed by atoms with Gasteiger partial charge in [-0.2, -0.15) is 0 Å². The van der Waals surface area contributed by atoms with E-state index in [0.29, 0.717) is 6.42 Å². The van der Waals surface area contributed by atoms with Gasteiger partial charge in [-0.3, -0.25) is 0 Å². The van der Waals surface area contributed by atoms with Crippen LogP contribution in [0.2, 0.25) is 5.04 Å². The molecule has 3 aromatic rings. The lowest BCUT2D eigenvalue weighted by atomic mass is 10.1. The molecule has 0 fully saturated rings. The topological polar surface area (TPSA) is 29.5 Å². The first-order chi connectivity index (χ1) is 15.8. The number of aliphatic hydroxyl groups excluding tert-OH is 1. The molecule has 0 aliphatic heterocycles. The maximum Gasteiger partial charge on any atom is 0.261 e. The van der Waals surface area contributed by atoms with Gasteiger partial charge in [0.25, 0.3) is 8.32 Å². The predicted octanol–water partition coefficient (Wildman–Crippen LogP) is 6.05. The van der Waals surface area contributed by atoms with Crippen LogP contribution in [-0.4, -0.2) is 30.9 Å². The van der Waals surface area contributed by atoms with E-state index in [1.54, 1.807) is 11.8 Å². The molecule has 1 N–H and O–H groups in total. The van der Waals surface area contributed by atoms with E-state index in [2.05, 4.69) is 107 Å². The Balaban J connectivity index is 1.89. The van der Waals surface area contributed by atoms with E-state index >= 15 is 0 Å². The third-order valence-corrected chi connectivity index (χ3v) is 12.5. The summed E-state index contributed by atoms with van der Waals surface area (Å²) in [5.41, 5.74) is 0. The summed E-state index contributed by atoms with van der Waals surface area (Å²) in [6.07, 6.45) is 1.71. The van der Waals surface area contributed by atoms with Crippen molar-refractivity contribution in [3.8, 4) is 0 Å². The van der Waals surface area contributed by atoms with Crippen molar-refractivity contribution in [1.29, 1.82) is 0 Å². The molecule has 0 aromatic heterocycles. The van der Waals surface area contributed by atoms with Crippen LogP contribution in [0.3, 0.4) is 0 Å². The van der Waals surface area contributed by atoms with Gasteiger partial charge in [0.05, 0.1) is 11.4 Å². The SMILES string of the molecule is C=C[C@H](Sc1ccccc1)[C@H](O)C[C@H](C)O[Si](c1ccccc1)(c1ccccc1)C(C)(C)C. The lowest BCUT2D eigenvalue weighted by Gasteiger charge is -2.45. The van der Waals surface area contributed by atoms with Crippen LogP contribution in [0.25, 0.3) is 0 Å². The van der Waals surface area contributed by atoms with Crippen molar-refractivity contribution >= 4 is 30.5 Å². The highest BCUT2D eigenvalue weighted by Gasteiger charge is 2.51. The van der Waals surface area contributed by atoms with E-state index < -0.39 is 14.4 Å². The minimum Gasteiger partial charge on any atom is -0.405 e. The maximum atomic E-state index is 11.1. The molecule has 3 aromatic carbocycles. The molecule has 33 heavy (non-hydrogen) atoms. The number of aliphatic hydroxyl groups is 1. The number of thioether (sulfide) groups is 1. The molecule has 0 saturated heterocycles. The van der Waals surface area contributed by atoms with Crippen molar-refractivity contribution in [2.75, 3.05) is 0 Å². The van der Waals surface area contributed by atoms with E-state index in [1.165, 1.54) is 10.4 Å². The summed E-state index contributed by atoms with van der Waals surface area (Å²) in [7, 11) is -2.64. The van der Waals surface area contributed by atoms with Gasteiger partial charge in [0.15, 0.2) is 0 Å². The zero-order valence-electron chi connectivity index (χ0n) is 20.1. The van der Waals surface area contributed by atoms with Gasteiger partial charge in [-0.1, -0.05) is 106 Å². The lowest BCUT2D eigenvalue weighted by Crippen LogP contribution is -2.67. The largest absolute Gasteiger partial charge is 0.405 e. The van der Waals surface area contributed by atoms with Crippen LogP contribution >= 0.6 is 11.8 Å². The van der Waals surface area contributed by atoms with Crippen molar-refractivity contribution < 1.29 is 9.53 Å². The van der Waals surface area contributed by atoms with Gasteiger partial charge in [-0.05, 0) is 40.9 Å². The Kier molecular flexibility index (Phi) is 8.77. The Morgan fingerprint density at radius 3 is 1.76 bits per heavy atom. The molecule has 0 aliphatic rings. The molecule has 3 atom stereocenters. The minimum atomic E-state index is -2.64. The Bertz CT molecular complexity index is 947. The molecular formula is C29H36O2SSi. The van der Waals surface area contributed by atoms with Crippen LogP contribution < -0.4 is 10.4 Å². The quantitative estimate of drug-likeness (QED) is 0.219. The van der Waals surface area contributed by atoms with Crippen LogP contribution in [0, 0.1) is 0 Å². The molecule has 0 radical (unpaired) electrons. The number of hydrogen-bond acceptors (Lipinski definition) is 3. The molecule has 2 nitrogen and oxygen atoms in total. The van der Waals surface area contributed by atoms with Gasteiger partial charge in [0, 0.05) is 11.0 Å². The van der Waals surface area contributed by atoms with Crippen molar-refractivity contribution in [3.63, 3.8) is 0 Å². The first kappa shape index (κ1) is 25.5. The Hall–Kier alpha value is -2.11. The molecule has 0 spiro atoms. The molecule has 4 heteroatoms. The highest BCUT2D eigenvalue weighted by molar-refractivity contribution is 8.00. The van der Waals surface area contributed by atoms with Crippen molar-refractivity contribution in [2.45, 2.75) is 61.5 Å². The molecule has 0 bridgehead atoms. The monoisotopic (exact) mass is 476 g/mol. The zero-order valence-corrected chi connectivity index (χ0v) is 22.0. The molecule has 0 aliphatic carbocycles. The highest BCUT2D eigenvalue weighted by Crippen LogP contribution is 2.38. The van der Waals surface area contributed by atoms with E-state index in [0.717, 1.165) is 4.90 Å². The second kappa shape index (κ2) is 11.3. The molecule has 0 unspecified atom stereocenters. The number of rotatable bonds is 10. The van der Waals surface area contributed by atoms with Gasteiger partial charge in [0.1, 0.15) is 0 Å². The van der Waals surface area contributed by atoms with Crippen molar-refractivity contribution in [2.24, 2.45) is 0 Å². The Labute approximate surface area is 204 Å². The predicted molar refractivity (Wildman–Crippen MR) is 145 cm³/mol. The van der Waals surface area contributed by atoms with Gasteiger partial charge in [0.2, 0.25) is 0 Å². The highest BCUT2D eigenvalue weighted by atomic mass is 32.2. The van der Waals surface area contributed by atoms with Crippen molar-refractivity contribution in [3.05, 3.63) is 104 Å². The van der Waals surface area contributed by atoms with Gasteiger partial charge in [-0.25, -0.2) is 0 Å². The zero-order chi connectivity index (χ0) is 23.9. The summed E-state index contributed by atoms with van der Waals surface area (Å²) in [5, 5.41) is 13.4. The fraction of sp³-hybridized carbons (Fsp3) is 0.310. The molecular weight excluding hydrogens is 440 g/mol. The standard InChI is InChI=1S/C29H36O2SSi/c1-6-28(32-24-16-10-7-11-17-24)27(30)22-23(2)31-33(29(3,4)5,25-18-12-8-13-19-25)26-20-14-9-15-21-26/h6-21,23,27-28,30H,1,22H2,2-5H3/t23-,27+,28-/m0/s1. The summed E-state index contributed by atoms with van der Waals surface area (Å²) in [6, 6.07) is 31.5. The molecule has 0 amide bonds. The average Bonchev–Trinajstić information content (AvgIpc) is 2.82. The summed E-state index contributed by atoms with van der Waals surface area (Å²) >= 11 is 1.64. The second-order valence-corrected chi connectivity index (χ2v) is 15.0. The van der Waals surface area contributed by atoms with Gasteiger partial charge in [-0.15, -0.1) is 18.3 Å². The summed E-state index contributed by atoms with van der Waals surface area (Å²) in [4.78, 5) is 1.13. The molecule has 174 valence electrons. The minimum absolute atomic E-state index is 0.0917. The smallest absolute Gasteiger partial charge is 0.261 e. The third-order valence-electron chi connectivity index (χ3n) is 6.00. The van der Waals surface area contributed by atoms with E-state index in [4.69, 9.17) is 4.43 Å². The van der Waals surface area contributed by atoms with E-state index in [-0.39, 0.29) is 16.4 Å². The number of hydrogen-bond donors (Lipinski definition) is 1.